The molecule has 4 rings (SSSR count). The molecule has 0 spiro atoms. The highest BCUT2D eigenvalue weighted by Crippen LogP contribution is 2.29. The third-order valence-corrected chi connectivity index (χ3v) is 5.60. The molecule has 7 nitrogen and oxygen atoms in total. The normalized spacial score (nSPS) is 21.5. The number of fused-ring (bicyclic) bond motifs is 1. The predicted molar refractivity (Wildman–Crippen MR) is 96.8 cm³/mol. The Balaban J connectivity index is 1.45. The molecule has 2 fully saturated rings. The van der Waals surface area contributed by atoms with Gasteiger partial charge in [0.25, 0.3) is 0 Å². The van der Waals surface area contributed by atoms with E-state index in [1.54, 1.807) is 25.2 Å². The van der Waals surface area contributed by atoms with Crippen molar-refractivity contribution >= 4 is 28.6 Å². The van der Waals surface area contributed by atoms with Gasteiger partial charge in [-0.25, -0.2) is 4.79 Å². The lowest BCUT2D eigenvalue weighted by Gasteiger charge is -2.31. The first-order chi connectivity index (χ1) is 12.5. The molecule has 0 radical (unpaired) electrons. The fourth-order valence-electron chi connectivity index (χ4n) is 4.11. The van der Waals surface area contributed by atoms with Gasteiger partial charge in [-0.1, -0.05) is 19.3 Å². The molecule has 138 valence electrons. The van der Waals surface area contributed by atoms with E-state index in [1.165, 1.54) is 11.0 Å². The Kier molecular flexibility index (Phi) is 4.30. The van der Waals surface area contributed by atoms with Crippen LogP contribution in [0.4, 0.5) is 5.69 Å². The lowest BCUT2D eigenvalue weighted by Crippen LogP contribution is -2.38. The summed E-state index contributed by atoms with van der Waals surface area (Å²) in [5.41, 5.74) is 1.68. The molecule has 1 atom stereocenters. The van der Waals surface area contributed by atoms with Crippen molar-refractivity contribution in [2.24, 2.45) is 13.0 Å². The molecule has 1 aliphatic carbocycles. The number of anilines is 1. The summed E-state index contributed by atoms with van der Waals surface area (Å²) in [5, 5.41) is 2.86. The minimum absolute atomic E-state index is 0.0848. The van der Waals surface area contributed by atoms with Crippen LogP contribution >= 0.6 is 0 Å². The highest BCUT2D eigenvalue weighted by atomic mass is 16.4. The van der Waals surface area contributed by atoms with Crippen LogP contribution in [0.25, 0.3) is 11.1 Å². The monoisotopic (exact) mass is 357 g/mol. The van der Waals surface area contributed by atoms with E-state index in [0.717, 1.165) is 25.7 Å². The van der Waals surface area contributed by atoms with Crippen LogP contribution in [0.15, 0.2) is 27.4 Å². The molecule has 1 saturated heterocycles. The minimum atomic E-state index is -0.437. The molecule has 2 aromatic rings. The number of nitrogens with zero attached hydrogens (tertiary/aromatic N) is 2. The van der Waals surface area contributed by atoms with Gasteiger partial charge < -0.3 is 14.6 Å². The van der Waals surface area contributed by atoms with E-state index in [1.807, 2.05) is 4.90 Å². The third kappa shape index (κ3) is 3.02. The van der Waals surface area contributed by atoms with Crippen molar-refractivity contribution in [2.75, 3.05) is 11.9 Å². The van der Waals surface area contributed by atoms with Crippen LogP contribution in [0, 0.1) is 5.92 Å². The van der Waals surface area contributed by atoms with Crippen molar-refractivity contribution in [3.05, 3.63) is 28.7 Å². The second-order valence-electron chi connectivity index (χ2n) is 7.34. The predicted octanol–water partition coefficient (Wildman–Crippen LogP) is 2.25. The first-order valence-electron chi connectivity index (χ1n) is 9.23. The van der Waals surface area contributed by atoms with Gasteiger partial charge in [0.2, 0.25) is 11.8 Å². The van der Waals surface area contributed by atoms with Crippen LogP contribution in [0.3, 0.4) is 0 Å². The number of aromatic nitrogens is 1. The standard InChI is InChI=1S/C19H23N3O4/c1-21-15-8-7-13(10-16(15)26-19(21)25)20-18(24)12-9-17(23)22(11-12)14-5-3-2-4-6-14/h7-8,10,12,14H,2-6,9,11H2,1H3,(H,20,24). The van der Waals surface area contributed by atoms with Gasteiger partial charge in [0.15, 0.2) is 5.58 Å². The molecular formula is C19H23N3O4. The zero-order chi connectivity index (χ0) is 18.3. The summed E-state index contributed by atoms with van der Waals surface area (Å²) >= 11 is 0. The van der Waals surface area contributed by atoms with Crippen LogP contribution in [0.2, 0.25) is 0 Å². The molecule has 7 heteroatoms. The average molecular weight is 357 g/mol. The quantitative estimate of drug-likeness (QED) is 0.913. The molecule has 1 aromatic carbocycles. The average Bonchev–Trinajstić information content (AvgIpc) is 3.16. The second kappa shape index (κ2) is 6.63. The molecule has 1 aromatic heterocycles. The molecule has 26 heavy (non-hydrogen) atoms. The number of hydrogen-bond donors (Lipinski definition) is 1. The van der Waals surface area contributed by atoms with E-state index in [0.29, 0.717) is 29.4 Å². The first-order valence-corrected chi connectivity index (χ1v) is 9.23. The van der Waals surface area contributed by atoms with Crippen LogP contribution in [-0.2, 0) is 16.6 Å². The highest BCUT2D eigenvalue weighted by molar-refractivity contribution is 5.98. The van der Waals surface area contributed by atoms with Crippen molar-refractivity contribution in [1.82, 2.24) is 9.47 Å². The number of hydrogen-bond acceptors (Lipinski definition) is 4. The fraction of sp³-hybridized carbons (Fsp3) is 0.526. The lowest BCUT2D eigenvalue weighted by atomic mass is 9.94. The molecule has 0 bridgehead atoms. The van der Waals surface area contributed by atoms with Crippen molar-refractivity contribution in [1.29, 1.82) is 0 Å². The second-order valence-corrected chi connectivity index (χ2v) is 7.34. The third-order valence-electron chi connectivity index (χ3n) is 5.60. The van der Waals surface area contributed by atoms with Gasteiger partial charge in [-0.05, 0) is 25.0 Å². The van der Waals surface area contributed by atoms with E-state index < -0.39 is 5.76 Å². The SMILES string of the molecule is Cn1c(=O)oc2cc(NC(=O)C3CC(=O)N(C4CCCCC4)C3)ccc21. The molecule has 1 unspecified atom stereocenters. The van der Waals surface area contributed by atoms with Gasteiger partial charge in [0, 0.05) is 37.8 Å². The Morgan fingerprint density at radius 1 is 1.19 bits per heavy atom. The Morgan fingerprint density at radius 3 is 2.73 bits per heavy atom. The molecule has 2 amide bonds. The van der Waals surface area contributed by atoms with Gasteiger partial charge in [0.1, 0.15) is 0 Å². The minimum Gasteiger partial charge on any atom is -0.408 e. The van der Waals surface area contributed by atoms with Crippen molar-refractivity contribution in [3.63, 3.8) is 0 Å². The van der Waals surface area contributed by atoms with E-state index in [9.17, 15) is 14.4 Å². The number of likely N-dealkylation sites (tertiary alicyclic amines) is 1. The molecule has 1 aliphatic heterocycles. The topological polar surface area (TPSA) is 84.5 Å². The van der Waals surface area contributed by atoms with E-state index in [2.05, 4.69) is 5.32 Å². The zero-order valence-electron chi connectivity index (χ0n) is 14.9. The summed E-state index contributed by atoms with van der Waals surface area (Å²) in [6, 6.07) is 5.42. The number of rotatable bonds is 3. The van der Waals surface area contributed by atoms with Crippen molar-refractivity contribution in [2.45, 2.75) is 44.6 Å². The van der Waals surface area contributed by atoms with Gasteiger partial charge in [-0.2, -0.15) is 0 Å². The fourth-order valence-corrected chi connectivity index (χ4v) is 4.11. The van der Waals surface area contributed by atoms with E-state index >= 15 is 0 Å². The van der Waals surface area contributed by atoms with Crippen LogP contribution < -0.4 is 11.1 Å². The Morgan fingerprint density at radius 2 is 1.96 bits per heavy atom. The molecule has 2 aliphatic rings. The Labute approximate surface area is 150 Å². The zero-order valence-corrected chi connectivity index (χ0v) is 14.9. The summed E-state index contributed by atoms with van der Waals surface area (Å²) in [7, 11) is 1.64. The molecule has 1 N–H and O–H groups in total. The molecule has 1 saturated carbocycles. The largest absolute Gasteiger partial charge is 0.419 e. The Hall–Kier alpha value is -2.57. The first kappa shape index (κ1) is 16.9. The smallest absolute Gasteiger partial charge is 0.408 e. The number of carbonyl (C=O) groups is 2. The molecular weight excluding hydrogens is 334 g/mol. The number of nitrogens with one attached hydrogen (secondary N) is 1. The maximum absolute atomic E-state index is 12.6. The van der Waals surface area contributed by atoms with Crippen LogP contribution in [0.1, 0.15) is 38.5 Å². The van der Waals surface area contributed by atoms with Crippen molar-refractivity contribution in [3.8, 4) is 0 Å². The number of oxazole rings is 1. The summed E-state index contributed by atoms with van der Waals surface area (Å²) in [4.78, 5) is 38.4. The number of carbonyl (C=O) groups excluding carboxylic acids is 2. The highest BCUT2D eigenvalue weighted by Gasteiger charge is 2.38. The summed E-state index contributed by atoms with van der Waals surface area (Å²) < 4.78 is 6.57. The maximum atomic E-state index is 12.6. The maximum Gasteiger partial charge on any atom is 0.419 e. The number of benzene rings is 1. The van der Waals surface area contributed by atoms with E-state index in [-0.39, 0.29) is 24.2 Å². The number of amides is 2. The Bertz CT molecular complexity index is 907. The summed E-state index contributed by atoms with van der Waals surface area (Å²) in [6.45, 7) is 0.498. The van der Waals surface area contributed by atoms with Gasteiger partial charge >= 0.3 is 5.76 Å². The van der Waals surface area contributed by atoms with Gasteiger partial charge in [-0.15, -0.1) is 0 Å². The van der Waals surface area contributed by atoms with E-state index in [4.69, 9.17) is 4.42 Å². The van der Waals surface area contributed by atoms with Crippen LogP contribution in [-0.4, -0.2) is 33.9 Å². The van der Waals surface area contributed by atoms with Crippen LogP contribution in [0.5, 0.6) is 0 Å². The van der Waals surface area contributed by atoms with Gasteiger partial charge in [-0.3, -0.25) is 14.2 Å². The lowest BCUT2D eigenvalue weighted by molar-refractivity contribution is -0.130. The molecule has 2 heterocycles. The number of aryl methyl sites for hydroxylation is 1. The van der Waals surface area contributed by atoms with Gasteiger partial charge in [0.05, 0.1) is 11.4 Å². The van der Waals surface area contributed by atoms with Crippen molar-refractivity contribution < 1.29 is 14.0 Å². The summed E-state index contributed by atoms with van der Waals surface area (Å²) in [6.07, 6.45) is 5.92. The summed E-state index contributed by atoms with van der Waals surface area (Å²) in [5.74, 6) is -0.841.